The van der Waals surface area contributed by atoms with Crippen molar-refractivity contribution in [1.82, 2.24) is 15.3 Å². The third-order valence-electron chi connectivity index (χ3n) is 6.03. The molecule has 2 aromatic carbocycles. The van der Waals surface area contributed by atoms with Gasteiger partial charge in [-0.05, 0) is 30.3 Å². The zero-order valence-electron chi connectivity index (χ0n) is 20.8. The van der Waals surface area contributed by atoms with Crippen molar-refractivity contribution in [3.63, 3.8) is 0 Å². The Bertz CT molecular complexity index is 1530. The fourth-order valence-electron chi connectivity index (χ4n) is 3.96. The summed E-state index contributed by atoms with van der Waals surface area (Å²) in [6.07, 6.45) is -3.21. The van der Waals surface area contributed by atoms with Gasteiger partial charge in [0.15, 0.2) is 29.4 Å². The summed E-state index contributed by atoms with van der Waals surface area (Å²) >= 11 is 6.40. The van der Waals surface area contributed by atoms with Gasteiger partial charge in [0.2, 0.25) is 0 Å². The van der Waals surface area contributed by atoms with Crippen LogP contribution in [-0.4, -0.2) is 57.6 Å². The lowest BCUT2D eigenvalue weighted by Gasteiger charge is -2.34. The van der Waals surface area contributed by atoms with Crippen LogP contribution in [0.4, 0.5) is 17.2 Å². The number of nitrogens with two attached hydrogens (primary N) is 1. The van der Waals surface area contributed by atoms with E-state index < -0.39 is 24.0 Å². The summed E-state index contributed by atoms with van der Waals surface area (Å²) in [5, 5.41) is 21.9. The Morgan fingerprint density at radius 2 is 2.00 bits per heavy atom. The Labute approximate surface area is 221 Å². The highest BCUT2D eigenvalue weighted by Crippen LogP contribution is 2.33. The van der Waals surface area contributed by atoms with Gasteiger partial charge in [0.25, 0.3) is 17.7 Å². The molecule has 38 heavy (non-hydrogen) atoms. The van der Waals surface area contributed by atoms with Crippen LogP contribution < -0.4 is 16.0 Å². The average molecular weight is 541 g/mol. The summed E-state index contributed by atoms with van der Waals surface area (Å²) in [5.74, 6) is -0.472. The zero-order valence-corrected chi connectivity index (χ0v) is 21.5. The Morgan fingerprint density at radius 3 is 2.74 bits per heavy atom. The number of hydrogen-bond donors (Lipinski definition) is 3. The standard InChI is InChI=1S/C25H25ClN6O6/c1-25(2,3)24-29-22(38-31-24)15-11-13(5-7-16(15)26)32-8-9-36-19(23(32)35)18(33)21(34)28-12-4-6-14-17(10-12)37-30-20(14)27/h4-7,10-11,18-19,33H,8-9H2,1-3H3,(H2,27,30)(H,28,34). The van der Waals surface area contributed by atoms with Crippen LogP contribution in [0.5, 0.6) is 0 Å². The third-order valence-corrected chi connectivity index (χ3v) is 6.36. The number of nitrogens with zero attached hydrogens (tertiary/aromatic N) is 4. The van der Waals surface area contributed by atoms with Gasteiger partial charge < -0.3 is 34.8 Å². The van der Waals surface area contributed by atoms with Crippen LogP contribution in [0.15, 0.2) is 45.4 Å². The van der Waals surface area contributed by atoms with E-state index in [2.05, 4.69) is 20.6 Å². The van der Waals surface area contributed by atoms with Gasteiger partial charge >= 0.3 is 0 Å². The summed E-state index contributed by atoms with van der Waals surface area (Å²) in [5.41, 5.74) is 6.99. The molecule has 12 nitrogen and oxygen atoms in total. The molecule has 0 saturated carbocycles. The summed E-state index contributed by atoms with van der Waals surface area (Å²) < 4.78 is 16.0. The number of aliphatic hydroxyl groups excluding tert-OH is 1. The second-order valence-electron chi connectivity index (χ2n) is 9.83. The third kappa shape index (κ3) is 4.80. The molecule has 5 rings (SSSR count). The number of benzene rings is 2. The highest BCUT2D eigenvalue weighted by atomic mass is 35.5. The van der Waals surface area contributed by atoms with Gasteiger partial charge in [0, 0.05) is 29.4 Å². The second kappa shape index (κ2) is 9.71. The smallest absolute Gasteiger partial charge is 0.259 e. The van der Waals surface area contributed by atoms with Crippen LogP contribution in [0, 0.1) is 0 Å². The summed E-state index contributed by atoms with van der Waals surface area (Å²) in [7, 11) is 0. The van der Waals surface area contributed by atoms with Gasteiger partial charge in [0.1, 0.15) is 0 Å². The molecule has 1 saturated heterocycles. The number of morpholine rings is 1. The molecule has 13 heteroatoms. The number of hydrogen-bond acceptors (Lipinski definition) is 10. The van der Waals surface area contributed by atoms with E-state index >= 15 is 0 Å². The number of anilines is 3. The maximum Gasteiger partial charge on any atom is 0.259 e. The lowest BCUT2D eigenvalue weighted by Crippen LogP contribution is -2.55. The molecule has 1 aliphatic rings. The van der Waals surface area contributed by atoms with E-state index in [9.17, 15) is 14.7 Å². The number of amides is 2. The van der Waals surface area contributed by atoms with Crippen LogP contribution in [0.1, 0.15) is 26.6 Å². The van der Waals surface area contributed by atoms with Crippen LogP contribution in [-0.2, 0) is 19.7 Å². The van der Waals surface area contributed by atoms with Gasteiger partial charge in [-0.15, -0.1) is 0 Å². The van der Waals surface area contributed by atoms with Crippen molar-refractivity contribution in [2.24, 2.45) is 0 Å². The number of nitrogen functional groups attached to an aromatic ring is 1. The minimum Gasteiger partial charge on any atom is -0.380 e. The molecule has 0 spiro atoms. The normalized spacial score (nSPS) is 17.1. The van der Waals surface area contributed by atoms with Crippen molar-refractivity contribution in [2.75, 3.05) is 29.1 Å². The fourth-order valence-corrected chi connectivity index (χ4v) is 4.16. The van der Waals surface area contributed by atoms with Gasteiger partial charge in [-0.1, -0.05) is 42.7 Å². The molecule has 0 bridgehead atoms. The van der Waals surface area contributed by atoms with Gasteiger partial charge in [-0.2, -0.15) is 4.98 Å². The van der Waals surface area contributed by atoms with E-state index in [4.69, 9.17) is 31.1 Å². The fraction of sp³-hybridized carbons (Fsp3) is 0.320. The number of aliphatic hydroxyl groups is 1. The van der Waals surface area contributed by atoms with Crippen molar-refractivity contribution in [2.45, 2.75) is 38.4 Å². The number of nitrogens with one attached hydrogen (secondary N) is 1. The SMILES string of the molecule is CC(C)(C)c1noc(-c2cc(N3CCOC(C(O)C(=O)Nc4ccc5c(N)noc5c4)C3=O)ccc2Cl)n1. The number of carbonyl (C=O) groups is 2. The number of aromatic nitrogens is 3. The van der Waals surface area contributed by atoms with Crippen molar-refractivity contribution in [1.29, 1.82) is 0 Å². The molecule has 1 aliphatic heterocycles. The maximum atomic E-state index is 13.3. The number of rotatable bonds is 5. The first-order valence-corrected chi connectivity index (χ1v) is 12.1. The van der Waals surface area contributed by atoms with Crippen LogP contribution in [0.3, 0.4) is 0 Å². The molecule has 198 valence electrons. The van der Waals surface area contributed by atoms with Crippen molar-refractivity contribution in [3.05, 3.63) is 47.2 Å². The number of fused-ring (bicyclic) bond motifs is 1. The lowest BCUT2D eigenvalue weighted by atomic mass is 9.96. The van der Waals surface area contributed by atoms with Crippen molar-refractivity contribution >= 4 is 51.6 Å². The molecule has 2 unspecified atom stereocenters. The Balaban J connectivity index is 1.34. The number of ether oxygens (including phenoxy) is 1. The maximum absolute atomic E-state index is 13.3. The minimum atomic E-state index is -1.78. The topological polar surface area (TPSA) is 170 Å². The summed E-state index contributed by atoms with van der Waals surface area (Å²) in [6, 6.07) is 9.62. The first-order chi connectivity index (χ1) is 18.0. The van der Waals surface area contributed by atoms with E-state index in [0.29, 0.717) is 38.8 Å². The van der Waals surface area contributed by atoms with Gasteiger partial charge in [-0.3, -0.25) is 9.59 Å². The summed E-state index contributed by atoms with van der Waals surface area (Å²) in [6.45, 7) is 6.16. The molecule has 4 N–H and O–H groups in total. The van der Waals surface area contributed by atoms with Gasteiger partial charge in [0.05, 0.1) is 22.6 Å². The predicted molar refractivity (Wildman–Crippen MR) is 139 cm³/mol. The van der Waals surface area contributed by atoms with E-state index in [1.807, 2.05) is 20.8 Å². The highest BCUT2D eigenvalue weighted by Gasteiger charge is 2.39. The minimum absolute atomic E-state index is 0.0940. The molecule has 0 radical (unpaired) electrons. The molecule has 3 heterocycles. The van der Waals surface area contributed by atoms with E-state index in [1.165, 1.54) is 11.0 Å². The molecule has 1 fully saturated rings. The van der Waals surface area contributed by atoms with E-state index in [0.717, 1.165) is 0 Å². The van der Waals surface area contributed by atoms with Crippen molar-refractivity contribution in [3.8, 4) is 11.5 Å². The Hall–Kier alpha value is -4.00. The Morgan fingerprint density at radius 1 is 1.21 bits per heavy atom. The molecule has 2 atom stereocenters. The van der Waals surface area contributed by atoms with E-state index in [1.54, 1.807) is 30.3 Å². The summed E-state index contributed by atoms with van der Waals surface area (Å²) in [4.78, 5) is 31.9. The molecular weight excluding hydrogens is 516 g/mol. The number of halogens is 1. The van der Waals surface area contributed by atoms with Crippen LogP contribution in [0.25, 0.3) is 22.4 Å². The quantitative estimate of drug-likeness (QED) is 0.341. The van der Waals surface area contributed by atoms with Crippen LogP contribution >= 0.6 is 11.6 Å². The molecular formula is C25H25ClN6O6. The molecule has 2 aromatic heterocycles. The van der Waals surface area contributed by atoms with E-state index in [-0.39, 0.29) is 30.3 Å². The molecule has 2 amide bonds. The van der Waals surface area contributed by atoms with Gasteiger partial charge in [-0.25, -0.2) is 0 Å². The lowest BCUT2D eigenvalue weighted by molar-refractivity contribution is -0.150. The Kier molecular flexibility index (Phi) is 6.55. The highest BCUT2D eigenvalue weighted by molar-refractivity contribution is 6.33. The van der Waals surface area contributed by atoms with Crippen LogP contribution in [0.2, 0.25) is 5.02 Å². The first kappa shape index (κ1) is 25.6. The zero-order chi connectivity index (χ0) is 27.2. The largest absolute Gasteiger partial charge is 0.380 e. The monoisotopic (exact) mass is 540 g/mol. The average Bonchev–Trinajstić information content (AvgIpc) is 3.52. The van der Waals surface area contributed by atoms with Crippen molar-refractivity contribution < 1.29 is 28.5 Å². The number of carbonyl (C=O) groups excluding carboxylic acids is 2. The second-order valence-corrected chi connectivity index (χ2v) is 10.2. The molecule has 0 aliphatic carbocycles. The predicted octanol–water partition coefficient (Wildman–Crippen LogP) is 3.14. The first-order valence-electron chi connectivity index (χ1n) is 11.7. The molecule has 4 aromatic rings.